The molecule has 1 atom stereocenters. The third-order valence-corrected chi connectivity index (χ3v) is 6.20. The summed E-state index contributed by atoms with van der Waals surface area (Å²) in [6.45, 7) is 4.12. The molecule has 7 nitrogen and oxygen atoms in total. The average molecular weight is 416 g/mol. The summed E-state index contributed by atoms with van der Waals surface area (Å²) in [5.74, 6) is -0.741. The number of oxazole rings is 1. The van der Waals surface area contributed by atoms with E-state index in [1.165, 1.54) is 15.7 Å². The topological polar surface area (TPSA) is 82.1 Å². The van der Waals surface area contributed by atoms with Gasteiger partial charge in [0.2, 0.25) is 5.91 Å². The van der Waals surface area contributed by atoms with Gasteiger partial charge in [-0.15, -0.1) is 0 Å². The summed E-state index contributed by atoms with van der Waals surface area (Å²) >= 11 is 0. The summed E-state index contributed by atoms with van der Waals surface area (Å²) < 4.78 is 8.61. The van der Waals surface area contributed by atoms with Crippen molar-refractivity contribution < 1.29 is 9.21 Å². The Balaban J connectivity index is 1.40. The zero-order chi connectivity index (χ0) is 21.5. The zero-order valence-electron chi connectivity index (χ0n) is 17.6. The Labute approximate surface area is 179 Å². The van der Waals surface area contributed by atoms with Gasteiger partial charge in [-0.3, -0.25) is 9.36 Å². The summed E-state index contributed by atoms with van der Waals surface area (Å²) in [4.78, 5) is 25.0. The molecule has 2 aromatic carbocycles. The molecule has 7 heteroatoms. The van der Waals surface area contributed by atoms with Crippen molar-refractivity contribution in [1.29, 1.82) is 0 Å². The molecule has 0 bridgehead atoms. The largest absolute Gasteiger partial charge is 0.420 e. The van der Waals surface area contributed by atoms with Crippen LogP contribution in [-0.4, -0.2) is 20.3 Å². The van der Waals surface area contributed by atoms with Crippen LogP contribution in [0.4, 0.5) is 0 Å². The summed E-state index contributed by atoms with van der Waals surface area (Å²) in [5.41, 5.74) is 6.78. The highest BCUT2D eigenvalue weighted by molar-refractivity contribution is 5.79. The van der Waals surface area contributed by atoms with Crippen LogP contribution in [-0.2, 0) is 17.8 Å². The molecule has 1 aliphatic rings. The number of rotatable bonds is 4. The molecular formula is C24H24N4O3. The van der Waals surface area contributed by atoms with Crippen LogP contribution in [0, 0.1) is 13.8 Å². The molecule has 158 valence electrons. The van der Waals surface area contributed by atoms with Gasteiger partial charge in [-0.05, 0) is 62.4 Å². The van der Waals surface area contributed by atoms with Gasteiger partial charge in [-0.2, -0.15) is 5.10 Å². The fourth-order valence-corrected chi connectivity index (χ4v) is 4.43. The first-order chi connectivity index (χ1) is 15.0. The molecule has 31 heavy (non-hydrogen) atoms. The molecule has 2 heterocycles. The van der Waals surface area contributed by atoms with Crippen LogP contribution in [0.3, 0.4) is 0 Å². The highest BCUT2D eigenvalue weighted by Crippen LogP contribution is 2.32. The minimum absolute atomic E-state index is 0.0766. The van der Waals surface area contributed by atoms with Crippen molar-refractivity contribution in [3.05, 3.63) is 81.6 Å². The fraction of sp³-hybridized carbons (Fsp3) is 0.292. The number of carbonyl (C=O) groups excluding carboxylic acids is 1. The normalized spacial score (nSPS) is 15.7. The lowest BCUT2D eigenvalue weighted by Gasteiger charge is -2.24. The number of benzene rings is 2. The molecule has 4 aromatic rings. The van der Waals surface area contributed by atoms with Crippen LogP contribution in [0.2, 0.25) is 0 Å². The van der Waals surface area contributed by atoms with E-state index in [4.69, 9.17) is 4.42 Å². The Morgan fingerprint density at radius 2 is 2.03 bits per heavy atom. The lowest BCUT2D eigenvalue weighted by Crippen LogP contribution is -2.35. The summed E-state index contributed by atoms with van der Waals surface area (Å²) in [5, 5.41) is 7.76. The number of hydrogen-bond donors (Lipinski definition) is 1. The first-order valence-corrected chi connectivity index (χ1v) is 10.5. The Morgan fingerprint density at radius 1 is 1.19 bits per heavy atom. The molecule has 0 saturated carbocycles. The van der Waals surface area contributed by atoms with Gasteiger partial charge in [0.15, 0.2) is 5.58 Å². The van der Waals surface area contributed by atoms with Gasteiger partial charge in [-0.1, -0.05) is 24.3 Å². The third kappa shape index (κ3) is 3.36. The molecule has 1 aliphatic carbocycles. The van der Waals surface area contributed by atoms with Crippen LogP contribution in [0.1, 0.15) is 41.3 Å². The van der Waals surface area contributed by atoms with Crippen molar-refractivity contribution in [2.45, 2.75) is 45.7 Å². The summed E-state index contributed by atoms with van der Waals surface area (Å²) in [6.07, 6.45) is 4.59. The molecule has 0 aliphatic heterocycles. The SMILES string of the molecule is Cc1cccc(-n2ncc3c2CCCC3NC(=O)Cn2c(=O)oc3ccccc32)c1C. The van der Waals surface area contributed by atoms with E-state index in [9.17, 15) is 9.59 Å². The molecule has 1 amide bonds. The summed E-state index contributed by atoms with van der Waals surface area (Å²) in [7, 11) is 0. The van der Waals surface area contributed by atoms with E-state index in [0.717, 1.165) is 36.2 Å². The van der Waals surface area contributed by atoms with E-state index < -0.39 is 5.76 Å². The number of amides is 1. The minimum atomic E-state index is -0.525. The number of aryl methyl sites for hydroxylation is 1. The van der Waals surface area contributed by atoms with Gasteiger partial charge in [0, 0.05) is 11.3 Å². The number of carbonyl (C=O) groups is 1. The predicted molar refractivity (Wildman–Crippen MR) is 117 cm³/mol. The predicted octanol–water partition coefficient (Wildman–Crippen LogP) is 3.59. The van der Waals surface area contributed by atoms with Crippen LogP contribution < -0.4 is 11.1 Å². The van der Waals surface area contributed by atoms with E-state index in [0.29, 0.717) is 11.1 Å². The number of para-hydroxylation sites is 2. The van der Waals surface area contributed by atoms with Gasteiger partial charge in [0.05, 0.1) is 23.4 Å². The van der Waals surface area contributed by atoms with Crippen LogP contribution >= 0.6 is 0 Å². The molecule has 1 N–H and O–H groups in total. The van der Waals surface area contributed by atoms with Crippen molar-refractivity contribution in [2.24, 2.45) is 0 Å². The van der Waals surface area contributed by atoms with Crippen molar-refractivity contribution in [1.82, 2.24) is 19.7 Å². The van der Waals surface area contributed by atoms with E-state index in [1.807, 2.05) is 23.0 Å². The standard InChI is InChI=1S/C24H24N4O3/c1-15-7-5-10-19(16(15)2)28-20-11-6-8-18(17(20)13-25-28)26-23(29)14-27-21-9-3-4-12-22(21)31-24(27)30/h3-5,7,9-10,12-13,18H,6,8,11,14H2,1-2H3,(H,26,29). The van der Waals surface area contributed by atoms with E-state index >= 15 is 0 Å². The maximum absolute atomic E-state index is 12.8. The molecule has 0 spiro atoms. The van der Waals surface area contributed by atoms with Crippen molar-refractivity contribution in [3.63, 3.8) is 0 Å². The Morgan fingerprint density at radius 3 is 2.90 bits per heavy atom. The first kappa shape index (κ1) is 19.4. The molecule has 0 saturated heterocycles. The third-order valence-electron chi connectivity index (χ3n) is 6.20. The molecular weight excluding hydrogens is 392 g/mol. The first-order valence-electron chi connectivity index (χ1n) is 10.5. The number of nitrogens with one attached hydrogen (secondary N) is 1. The van der Waals surface area contributed by atoms with Crippen molar-refractivity contribution in [3.8, 4) is 5.69 Å². The minimum Gasteiger partial charge on any atom is -0.408 e. The van der Waals surface area contributed by atoms with Gasteiger partial charge in [-0.25, -0.2) is 9.48 Å². The van der Waals surface area contributed by atoms with Crippen LogP contribution in [0.25, 0.3) is 16.8 Å². The van der Waals surface area contributed by atoms with E-state index in [1.54, 1.807) is 18.2 Å². The number of nitrogens with zero attached hydrogens (tertiary/aromatic N) is 3. The second-order valence-electron chi connectivity index (χ2n) is 8.11. The molecule has 1 unspecified atom stereocenters. The molecule has 5 rings (SSSR count). The van der Waals surface area contributed by atoms with Crippen molar-refractivity contribution >= 4 is 17.0 Å². The molecule has 0 radical (unpaired) electrons. The van der Waals surface area contributed by atoms with Gasteiger partial charge in [0.25, 0.3) is 0 Å². The van der Waals surface area contributed by atoms with Crippen LogP contribution in [0.15, 0.2) is 57.9 Å². The van der Waals surface area contributed by atoms with Crippen molar-refractivity contribution in [2.75, 3.05) is 0 Å². The van der Waals surface area contributed by atoms with Crippen LogP contribution in [0.5, 0.6) is 0 Å². The highest BCUT2D eigenvalue weighted by Gasteiger charge is 2.27. The quantitative estimate of drug-likeness (QED) is 0.551. The van der Waals surface area contributed by atoms with E-state index in [2.05, 4.69) is 36.4 Å². The molecule has 2 aromatic heterocycles. The highest BCUT2D eigenvalue weighted by atomic mass is 16.4. The number of hydrogen-bond acceptors (Lipinski definition) is 4. The van der Waals surface area contributed by atoms with Gasteiger partial charge >= 0.3 is 5.76 Å². The smallest absolute Gasteiger partial charge is 0.408 e. The summed E-state index contributed by atoms with van der Waals surface area (Å²) in [6, 6.07) is 13.2. The average Bonchev–Trinajstić information content (AvgIpc) is 3.32. The van der Waals surface area contributed by atoms with Gasteiger partial charge in [0.1, 0.15) is 6.54 Å². The lowest BCUT2D eigenvalue weighted by molar-refractivity contribution is -0.122. The number of aromatic nitrogens is 3. The maximum atomic E-state index is 12.8. The second kappa shape index (κ2) is 7.58. The fourth-order valence-electron chi connectivity index (χ4n) is 4.43. The Bertz CT molecular complexity index is 1340. The van der Waals surface area contributed by atoms with E-state index in [-0.39, 0.29) is 18.5 Å². The second-order valence-corrected chi connectivity index (χ2v) is 8.11. The monoisotopic (exact) mass is 416 g/mol. The van der Waals surface area contributed by atoms with Gasteiger partial charge < -0.3 is 9.73 Å². The Kier molecular flexibility index (Phi) is 4.73. The molecule has 0 fully saturated rings. The Hall–Kier alpha value is -3.61. The zero-order valence-corrected chi connectivity index (χ0v) is 17.6. The number of fused-ring (bicyclic) bond motifs is 2. The maximum Gasteiger partial charge on any atom is 0.420 e. The lowest BCUT2D eigenvalue weighted by atomic mass is 9.92.